The summed E-state index contributed by atoms with van der Waals surface area (Å²) >= 11 is 1.50. The molecule has 0 saturated carbocycles. The van der Waals surface area contributed by atoms with Crippen LogP contribution >= 0.6 is 0 Å². The van der Waals surface area contributed by atoms with E-state index in [0.29, 0.717) is 5.41 Å². The van der Waals surface area contributed by atoms with Crippen LogP contribution in [0, 0.1) is 0 Å². The first-order chi connectivity index (χ1) is 5.00. The van der Waals surface area contributed by atoms with E-state index < -0.39 is 0 Å². The molecule has 0 amide bonds. The van der Waals surface area contributed by atoms with E-state index in [4.69, 9.17) is 0 Å². The molecule has 0 aliphatic heterocycles. The standard InChI is InChI=1S/C10H13.2ClH.Zr/c1-10(2,3)9-7-5-4-6-8-9;;;/h5-8H,1-3H3;2*1H;/q;;;+2/p-2. The molecule has 0 spiro atoms. The first-order valence-corrected chi connectivity index (χ1v) is 5.05. The molecule has 1 rings (SSSR count). The number of rotatable bonds is 0. The number of benzene rings is 1. The molecule has 0 atom stereocenters. The minimum absolute atomic E-state index is 0. The molecular weight excluding hydrogens is 282 g/mol. The smallest absolute Gasteiger partial charge is 1.00 e. The van der Waals surface area contributed by atoms with Crippen LogP contribution in [0.15, 0.2) is 24.3 Å². The maximum absolute atomic E-state index is 2.24. The molecule has 0 aliphatic rings. The maximum Gasteiger partial charge on any atom is -1.00 e. The van der Waals surface area contributed by atoms with Gasteiger partial charge in [0.15, 0.2) is 0 Å². The molecule has 3 heteroatoms. The fourth-order valence-corrected chi connectivity index (χ4v) is 1.38. The third-order valence-corrected chi connectivity index (χ3v) is 2.57. The first kappa shape index (κ1) is 16.1. The van der Waals surface area contributed by atoms with Gasteiger partial charge in [0.05, 0.1) is 0 Å². The van der Waals surface area contributed by atoms with Gasteiger partial charge in [-0.3, -0.25) is 0 Å². The Balaban J connectivity index is 0. The van der Waals surface area contributed by atoms with Crippen LogP contribution in [-0.2, 0) is 30.1 Å². The van der Waals surface area contributed by atoms with Gasteiger partial charge in [0, 0.05) is 0 Å². The van der Waals surface area contributed by atoms with E-state index in [1.807, 2.05) is 0 Å². The van der Waals surface area contributed by atoms with Gasteiger partial charge in [0.1, 0.15) is 0 Å². The molecule has 0 bridgehead atoms. The van der Waals surface area contributed by atoms with Crippen molar-refractivity contribution in [3.63, 3.8) is 0 Å². The van der Waals surface area contributed by atoms with Crippen molar-refractivity contribution < 1.29 is 49.5 Å². The average molecular weight is 295 g/mol. The Bertz CT molecular complexity index is 236. The second-order valence-corrected chi connectivity index (χ2v) is 5.25. The molecule has 1 aromatic carbocycles. The normalized spacial score (nSPS) is 9.92. The number of halogens is 2. The van der Waals surface area contributed by atoms with Crippen LogP contribution in [0.3, 0.4) is 0 Å². The zero-order valence-corrected chi connectivity index (χ0v) is 12.0. The van der Waals surface area contributed by atoms with Gasteiger partial charge in [-0.2, -0.15) is 0 Å². The summed E-state index contributed by atoms with van der Waals surface area (Å²) in [7, 11) is 0. The predicted octanol–water partition coefficient (Wildman–Crippen LogP) is -3.84. The monoisotopic (exact) mass is 293 g/mol. The van der Waals surface area contributed by atoms with Crippen molar-refractivity contribution in [1.82, 2.24) is 0 Å². The summed E-state index contributed by atoms with van der Waals surface area (Å²) in [4.78, 5) is 0. The minimum Gasteiger partial charge on any atom is -1.00 e. The van der Waals surface area contributed by atoms with Crippen LogP contribution in [0.5, 0.6) is 0 Å². The molecule has 0 aliphatic carbocycles. The topological polar surface area (TPSA) is 0 Å². The SMILES string of the molecule is CC(C)(C)c1cc[c]([Zr+2])cc1.[Cl-].[Cl-]. The van der Waals surface area contributed by atoms with E-state index in [0.717, 1.165) is 0 Å². The van der Waals surface area contributed by atoms with Gasteiger partial charge < -0.3 is 24.8 Å². The van der Waals surface area contributed by atoms with E-state index >= 15 is 0 Å². The number of hydrogen-bond donors (Lipinski definition) is 0. The van der Waals surface area contributed by atoms with Crippen LogP contribution in [0.1, 0.15) is 26.3 Å². The van der Waals surface area contributed by atoms with E-state index in [9.17, 15) is 0 Å². The molecule has 0 heterocycles. The molecule has 13 heavy (non-hydrogen) atoms. The molecule has 0 unspecified atom stereocenters. The first-order valence-electron chi connectivity index (χ1n) is 3.82. The minimum atomic E-state index is 0. The van der Waals surface area contributed by atoms with Gasteiger partial charge in [-0.25, -0.2) is 0 Å². The molecule has 0 saturated heterocycles. The summed E-state index contributed by atoms with van der Waals surface area (Å²) in [6.07, 6.45) is 0. The van der Waals surface area contributed by atoms with Crippen molar-refractivity contribution in [3.05, 3.63) is 29.8 Å². The van der Waals surface area contributed by atoms with Crippen LogP contribution in [0.4, 0.5) is 0 Å². The molecule has 0 radical (unpaired) electrons. The second-order valence-electron chi connectivity index (χ2n) is 3.83. The summed E-state index contributed by atoms with van der Waals surface area (Å²) in [5.41, 5.74) is 1.72. The van der Waals surface area contributed by atoms with Crippen molar-refractivity contribution in [2.24, 2.45) is 0 Å². The molecular formula is C10H13Cl2Zr. The second kappa shape index (κ2) is 6.22. The fraction of sp³-hybridized carbons (Fsp3) is 0.400. The van der Waals surface area contributed by atoms with Crippen LogP contribution in [0.25, 0.3) is 0 Å². The van der Waals surface area contributed by atoms with Gasteiger partial charge in [-0.05, 0) is 0 Å². The summed E-state index contributed by atoms with van der Waals surface area (Å²) in [5, 5.41) is 0. The molecule has 0 fully saturated rings. The predicted molar refractivity (Wildman–Crippen MR) is 44.8 cm³/mol. The molecule has 0 aromatic heterocycles. The quantitative estimate of drug-likeness (QED) is 0.460. The summed E-state index contributed by atoms with van der Waals surface area (Å²) in [6, 6.07) is 8.87. The van der Waals surface area contributed by atoms with E-state index in [2.05, 4.69) is 45.0 Å². The molecule has 71 valence electrons. The summed E-state index contributed by atoms with van der Waals surface area (Å²) in [5.74, 6) is 0. The Morgan fingerprint density at radius 1 is 0.923 bits per heavy atom. The summed E-state index contributed by atoms with van der Waals surface area (Å²) < 4.78 is 1.42. The Hall–Kier alpha value is 0.683. The van der Waals surface area contributed by atoms with Crippen molar-refractivity contribution in [1.29, 1.82) is 0 Å². The van der Waals surface area contributed by atoms with Gasteiger partial charge in [0.2, 0.25) is 0 Å². The zero-order valence-electron chi connectivity index (χ0n) is 8.07. The van der Waals surface area contributed by atoms with Gasteiger partial charge in [-0.15, -0.1) is 0 Å². The Kier molecular flexibility index (Phi) is 7.72. The van der Waals surface area contributed by atoms with E-state index in [1.54, 1.807) is 0 Å². The van der Waals surface area contributed by atoms with E-state index in [1.165, 1.54) is 33.6 Å². The average Bonchev–Trinajstić information content (AvgIpc) is 1.86. The molecule has 0 N–H and O–H groups in total. The largest absolute Gasteiger partial charge is 1.00 e. The van der Waals surface area contributed by atoms with E-state index in [-0.39, 0.29) is 24.8 Å². The molecule has 0 nitrogen and oxygen atoms in total. The molecule has 1 aromatic rings. The van der Waals surface area contributed by atoms with Crippen LogP contribution in [0.2, 0.25) is 0 Å². The van der Waals surface area contributed by atoms with Crippen LogP contribution < -0.4 is 28.1 Å². The third-order valence-electron chi connectivity index (χ3n) is 1.75. The van der Waals surface area contributed by atoms with Crippen LogP contribution in [-0.4, -0.2) is 0 Å². The summed E-state index contributed by atoms with van der Waals surface area (Å²) in [6.45, 7) is 6.72. The van der Waals surface area contributed by atoms with Crippen molar-refractivity contribution >= 4 is 3.27 Å². The van der Waals surface area contributed by atoms with Gasteiger partial charge in [-0.1, -0.05) is 0 Å². The maximum atomic E-state index is 2.24. The Labute approximate surface area is 108 Å². The Morgan fingerprint density at radius 2 is 1.31 bits per heavy atom. The van der Waals surface area contributed by atoms with Crippen molar-refractivity contribution in [2.75, 3.05) is 0 Å². The van der Waals surface area contributed by atoms with Gasteiger partial charge in [0.25, 0.3) is 0 Å². The fourth-order valence-electron chi connectivity index (χ4n) is 0.970. The van der Waals surface area contributed by atoms with Crippen molar-refractivity contribution in [2.45, 2.75) is 26.2 Å². The van der Waals surface area contributed by atoms with Crippen molar-refractivity contribution in [3.8, 4) is 0 Å². The number of hydrogen-bond acceptors (Lipinski definition) is 0. The van der Waals surface area contributed by atoms with Gasteiger partial charge >= 0.3 is 84.0 Å². The third kappa shape index (κ3) is 5.20. The zero-order chi connectivity index (χ0) is 8.48. The Morgan fingerprint density at radius 3 is 1.62 bits per heavy atom.